The molecule has 0 aliphatic rings. The summed E-state index contributed by atoms with van der Waals surface area (Å²) in [4.78, 5) is 30.6. The zero-order chi connectivity index (χ0) is 15.6. The Bertz CT molecular complexity index is 730. The number of carbonyl (C=O) groups is 1. The van der Waals surface area contributed by atoms with Crippen molar-refractivity contribution in [3.63, 3.8) is 0 Å². The largest absolute Gasteiger partial charge is 0.353 e. The fraction of sp³-hybridized carbons (Fsp3) is 0.357. The number of hydrogen-bond acceptors (Lipinski definition) is 4. The van der Waals surface area contributed by atoms with E-state index in [1.807, 2.05) is 13.8 Å². The number of aromatic amines is 1. The second-order valence-electron chi connectivity index (χ2n) is 4.96. The van der Waals surface area contributed by atoms with Crippen molar-refractivity contribution in [2.75, 3.05) is 0 Å². The Morgan fingerprint density at radius 1 is 1.38 bits per heavy atom. The highest BCUT2D eigenvalue weighted by Gasteiger charge is 2.17. The summed E-state index contributed by atoms with van der Waals surface area (Å²) in [7, 11) is 0. The lowest BCUT2D eigenvalue weighted by Gasteiger charge is -2.13. The number of thioether (sulfide) groups is 1. The van der Waals surface area contributed by atoms with Crippen molar-refractivity contribution in [3.05, 3.63) is 34.4 Å². The monoisotopic (exact) mass is 309 g/mol. The van der Waals surface area contributed by atoms with Gasteiger partial charge in [-0.2, -0.15) is 0 Å². The van der Waals surface area contributed by atoms with Crippen LogP contribution >= 0.6 is 11.8 Å². The quantitative estimate of drug-likeness (QED) is 0.670. The molecule has 1 aromatic heterocycles. The Hall–Kier alpha value is -1.89. The molecule has 0 aliphatic heterocycles. The van der Waals surface area contributed by atoms with Crippen molar-refractivity contribution in [2.24, 2.45) is 0 Å². The highest BCUT2D eigenvalue weighted by atomic mass is 32.2. The fourth-order valence-corrected chi connectivity index (χ4v) is 2.58. The molecule has 1 atom stereocenters. The number of rotatable bonds is 4. The van der Waals surface area contributed by atoms with Crippen LogP contribution in [-0.2, 0) is 4.79 Å². The van der Waals surface area contributed by atoms with Crippen LogP contribution in [0.5, 0.6) is 0 Å². The molecular weight excluding hydrogens is 293 g/mol. The van der Waals surface area contributed by atoms with E-state index in [1.54, 1.807) is 6.92 Å². The number of fused-ring (bicyclic) bond motifs is 1. The van der Waals surface area contributed by atoms with E-state index < -0.39 is 16.6 Å². The highest BCUT2D eigenvalue weighted by molar-refractivity contribution is 8.00. The number of aromatic nitrogens is 2. The molecule has 1 amide bonds. The average Bonchev–Trinajstić information content (AvgIpc) is 2.39. The van der Waals surface area contributed by atoms with Gasteiger partial charge in [0.05, 0.1) is 16.2 Å². The van der Waals surface area contributed by atoms with Gasteiger partial charge in [0, 0.05) is 6.04 Å². The normalized spacial score (nSPS) is 12.6. The Kier molecular flexibility index (Phi) is 4.62. The molecule has 0 saturated carbocycles. The summed E-state index contributed by atoms with van der Waals surface area (Å²) in [6, 6.07) is 3.89. The Morgan fingerprint density at radius 2 is 2.10 bits per heavy atom. The van der Waals surface area contributed by atoms with Crippen molar-refractivity contribution in [3.8, 4) is 0 Å². The summed E-state index contributed by atoms with van der Waals surface area (Å²) in [6.07, 6.45) is 0. The van der Waals surface area contributed by atoms with Crippen LogP contribution in [0.3, 0.4) is 0 Å². The molecule has 2 N–H and O–H groups in total. The second-order valence-corrected chi connectivity index (χ2v) is 6.29. The van der Waals surface area contributed by atoms with E-state index in [2.05, 4.69) is 15.3 Å². The third-order valence-corrected chi connectivity index (χ3v) is 3.72. The van der Waals surface area contributed by atoms with Crippen LogP contribution < -0.4 is 10.9 Å². The lowest BCUT2D eigenvalue weighted by molar-refractivity contribution is -0.120. The number of benzene rings is 1. The minimum atomic E-state index is -0.486. The van der Waals surface area contributed by atoms with E-state index in [0.29, 0.717) is 10.7 Å². The molecule has 0 radical (unpaired) electrons. The van der Waals surface area contributed by atoms with Gasteiger partial charge < -0.3 is 10.3 Å². The zero-order valence-corrected chi connectivity index (χ0v) is 12.8. The minimum absolute atomic E-state index is 0.0483. The van der Waals surface area contributed by atoms with Crippen molar-refractivity contribution >= 4 is 28.6 Å². The predicted octanol–water partition coefficient (Wildman–Crippen LogP) is 2.07. The molecule has 112 valence electrons. The fourth-order valence-electron chi connectivity index (χ4n) is 1.77. The smallest absolute Gasteiger partial charge is 0.259 e. The first kappa shape index (κ1) is 15.5. The molecule has 0 spiro atoms. The molecule has 0 bridgehead atoms. The maximum atomic E-state index is 13.1. The predicted molar refractivity (Wildman–Crippen MR) is 80.9 cm³/mol. The van der Waals surface area contributed by atoms with Gasteiger partial charge in [-0.05, 0) is 39.0 Å². The van der Waals surface area contributed by atoms with E-state index >= 15 is 0 Å². The summed E-state index contributed by atoms with van der Waals surface area (Å²) in [5.41, 5.74) is -0.0161. The van der Waals surface area contributed by atoms with Crippen LogP contribution in [0.4, 0.5) is 4.39 Å². The maximum absolute atomic E-state index is 13.1. The molecule has 1 heterocycles. The van der Waals surface area contributed by atoms with E-state index in [-0.39, 0.29) is 17.3 Å². The Morgan fingerprint density at radius 3 is 2.76 bits per heavy atom. The van der Waals surface area contributed by atoms with Crippen molar-refractivity contribution in [1.29, 1.82) is 0 Å². The lowest BCUT2D eigenvalue weighted by Crippen LogP contribution is -2.36. The first-order valence-electron chi connectivity index (χ1n) is 6.53. The Labute approximate surface area is 125 Å². The number of carbonyl (C=O) groups excluding carboxylic acids is 1. The lowest BCUT2D eigenvalue weighted by atomic mass is 10.2. The highest BCUT2D eigenvalue weighted by Crippen LogP contribution is 2.20. The molecule has 0 fully saturated rings. The first-order valence-corrected chi connectivity index (χ1v) is 7.41. The van der Waals surface area contributed by atoms with Crippen LogP contribution in [0.15, 0.2) is 28.2 Å². The summed E-state index contributed by atoms with van der Waals surface area (Å²) in [5, 5.41) is 2.93. The van der Waals surface area contributed by atoms with Crippen LogP contribution in [0.2, 0.25) is 0 Å². The van der Waals surface area contributed by atoms with Gasteiger partial charge in [-0.1, -0.05) is 11.8 Å². The Balaban J connectivity index is 2.25. The van der Waals surface area contributed by atoms with Gasteiger partial charge in [0.15, 0.2) is 5.16 Å². The molecule has 1 aromatic carbocycles. The van der Waals surface area contributed by atoms with E-state index in [1.165, 1.54) is 12.1 Å². The maximum Gasteiger partial charge on any atom is 0.259 e. The van der Waals surface area contributed by atoms with Crippen LogP contribution in [0, 0.1) is 5.82 Å². The van der Waals surface area contributed by atoms with Crippen LogP contribution in [-0.4, -0.2) is 27.2 Å². The van der Waals surface area contributed by atoms with Gasteiger partial charge in [0.1, 0.15) is 5.82 Å². The average molecular weight is 309 g/mol. The van der Waals surface area contributed by atoms with Crippen molar-refractivity contribution in [1.82, 2.24) is 15.3 Å². The van der Waals surface area contributed by atoms with Crippen molar-refractivity contribution < 1.29 is 9.18 Å². The van der Waals surface area contributed by atoms with Gasteiger partial charge in [0.2, 0.25) is 5.91 Å². The third-order valence-electron chi connectivity index (χ3n) is 2.73. The summed E-state index contributed by atoms with van der Waals surface area (Å²) >= 11 is 1.15. The standard InChI is InChI=1S/C14H16FN3O2S/c1-7(2)16-12(19)8(3)21-14-17-11-5-4-9(15)6-10(11)13(20)18-14/h4-8H,1-3H3,(H,16,19)(H,17,18,20). The van der Waals surface area contributed by atoms with Crippen LogP contribution in [0.1, 0.15) is 20.8 Å². The van der Waals surface area contributed by atoms with Gasteiger partial charge in [-0.3, -0.25) is 9.59 Å². The molecule has 0 saturated heterocycles. The molecule has 1 unspecified atom stereocenters. The molecule has 2 rings (SSSR count). The van der Waals surface area contributed by atoms with Gasteiger partial charge in [-0.15, -0.1) is 0 Å². The molecule has 0 aliphatic carbocycles. The van der Waals surface area contributed by atoms with Gasteiger partial charge in [0.25, 0.3) is 5.56 Å². The first-order chi connectivity index (χ1) is 9.86. The van der Waals surface area contributed by atoms with Crippen LogP contribution in [0.25, 0.3) is 10.9 Å². The molecule has 21 heavy (non-hydrogen) atoms. The van der Waals surface area contributed by atoms with E-state index in [0.717, 1.165) is 17.8 Å². The van der Waals surface area contributed by atoms with Gasteiger partial charge in [-0.25, -0.2) is 9.37 Å². The third kappa shape index (κ3) is 3.81. The molecule has 5 nitrogen and oxygen atoms in total. The van der Waals surface area contributed by atoms with E-state index in [9.17, 15) is 14.0 Å². The molecular formula is C14H16FN3O2S. The summed E-state index contributed by atoms with van der Waals surface area (Å²) in [6.45, 7) is 5.48. The number of halogens is 1. The topological polar surface area (TPSA) is 74.8 Å². The zero-order valence-electron chi connectivity index (χ0n) is 11.9. The van der Waals surface area contributed by atoms with E-state index in [4.69, 9.17) is 0 Å². The number of nitrogens with one attached hydrogen (secondary N) is 2. The SMILES string of the molecule is CC(C)NC(=O)C(C)Sc1nc2ccc(F)cc2c(=O)[nH]1. The number of hydrogen-bond donors (Lipinski definition) is 2. The molecule has 2 aromatic rings. The summed E-state index contributed by atoms with van der Waals surface area (Å²) < 4.78 is 13.1. The summed E-state index contributed by atoms with van der Waals surface area (Å²) in [5.74, 6) is -0.614. The van der Waals surface area contributed by atoms with Gasteiger partial charge >= 0.3 is 0 Å². The second kappa shape index (κ2) is 6.26. The number of H-pyrrole nitrogens is 1. The number of amides is 1. The molecule has 7 heteroatoms. The number of nitrogens with zero attached hydrogens (tertiary/aromatic N) is 1. The van der Waals surface area contributed by atoms with Crippen molar-refractivity contribution in [2.45, 2.75) is 37.2 Å². The minimum Gasteiger partial charge on any atom is -0.353 e.